The van der Waals surface area contributed by atoms with Crippen LogP contribution in [0, 0.1) is 11.7 Å². The topological polar surface area (TPSA) is 34.1 Å². The molecule has 0 radical (unpaired) electrons. The van der Waals surface area contributed by atoms with Gasteiger partial charge in [0.15, 0.2) is 9.84 Å². The molecule has 1 unspecified atom stereocenters. The van der Waals surface area contributed by atoms with E-state index < -0.39 is 9.84 Å². The smallest absolute Gasteiger partial charge is 0.175 e. The van der Waals surface area contributed by atoms with Gasteiger partial charge in [0.05, 0.1) is 4.90 Å². The average Bonchev–Trinajstić information content (AvgIpc) is 2.89. The lowest BCUT2D eigenvalue weighted by atomic mass is 9.95. The summed E-state index contributed by atoms with van der Waals surface area (Å²) in [7, 11) is -3.20. The van der Waals surface area contributed by atoms with Crippen molar-refractivity contribution in [2.75, 3.05) is 6.26 Å². The first-order chi connectivity index (χ1) is 10.8. The number of benzene rings is 2. The van der Waals surface area contributed by atoms with Gasteiger partial charge in [-0.15, -0.1) is 0 Å². The van der Waals surface area contributed by atoms with Crippen LogP contribution in [0.15, 0.2) is 65.6 Å². The molecule has 0 saturated carbocycles. The summed E-state index contributed by atoms with van der Waals surface area (Å²) in [6, 6.07) is 13.3. The zero-order valence-electron chi connectivity index (χ0n) is 13.0. The Hall–Kier alpha value is -2.20. The zero-order chi connectivity index (χ0) is 16.6. The summed E-state index contributed by atoms with van der Waals surface area (Å²) in [5, 5.41) is 0. The van der Waals surface area contributed by atoms with Gasteiger partial charge in [0.1, 0.15) is 5.82 Å². The van der Waals surface area contributed by atoms with Crippen LogP contribution in [-0.4, -0.2) is 14.7 Å². The van der Waals surface area contributed by atoms with Crippen molar-refractivity contribution in [1.82, 2.24) is 0 Å². The minimum atomic E-state index is -3.20. The average molecular weight is 328 g/mol. The number of hydrogen-bond acceptors (Lipinski definition) is 2. The normalized spacial score (nSPS) is 17.8. The van der Waals surface area contributed by atoms with Gasteiger partial charge < -0.3 is 0 Å². The molecule has 0 spiro atoms. The summed E-state index contributed by atoms with van der Waals surface area (Å²) in [5.74, 6) is 0.0167. The molecule has 4 heteroatoms. The van der Waals surface area contributed by atoms with Gasteiger partial charge in [-0.2, -0.15) is 0 Å². The Kier molecular flexibility index (Phi) is 3.94. The lowest BCUT2D eigenvalue weighted by molar-refractivity contribution is 0.602. The Morgan fingerprint density at radius 2 is 1.26 bits per heavy atom. The van der Waals surface area contributed by atoms with Crippen molar-refractivity contribution < 1.29 is 12.8 Å². The van der Waals surface area contributed by atoms with Crippen molar-refractivity contribution in [2.24, 2.45) is 5.92 Å². The van der Waals surface area contributed by atoms with Crippen LogP contribution in [0.25, 0.3) is 11.1 Å². The molecule has 0 heterocycles. The molecule has 2 nitrogen and oxygen atoms in total. The molecule has 0 N–H and O–H groups in total. The van der Waals surface area contributed by atoms with Gasteiger partial charge in [0.2, 0.25) is 0 Å². The summed E-state index contributed by atoms with van der Waals surface area (Å²) in [5.41, 5.74) is 4.00. The predicted octanol–water partition coefficient (Wildman–Crippen LogP) is 4.35. The van der Waals surface area contributed by atoms with Crippen molar-refractivity contribution >= 4 is 21.0 Å². The second kappa shape index (κ2) is 5.78. The van der Waals surface area contributed by atoms with Gasteiger partial charge in [0.25, 0.3) is 0 Å². The van der Waals surface area contributed by atoms with Crippen LogP contribution in [-0.2, 0) is 9.84 Å². The van der Waals surface area contributed by atoms with Gasteiger partial charge in [-0.25, -0.2) is 12.8 Å². The molecule has 0 amide bonds. The highest BCUT2D eigenvalue weighted by molar-refractivity contribution is 7.90. The third-order valence-electron chi connectivity index (χ3n) is 3.90. The van der Waals surface area contributed by atoms with Crippen molar-refractivity contribution in [1.29, 1.82) is 0 Å². The Morgan fingerprint density at radius 3 is 1.70 bits per heavy atom. The van der Waals surface area contributed by atoms with Gasteiger partial charge >= 0.3 is 0 Å². The highest BCUT2D eigenvalue weighted by Gasteiger charge is 2.18. The van der Waals surface area contributed by atoms with E-state index in [1.54, 1.807) is 24.3 Å². The van der Waals surface area contributed by atoms with E-state index in [-0.39, 0.29) is 11.7 Å². The molecule has 1 atom stereocenters. The number of allylic oxidation sites excluding steroid dienone is 4. The van der Waals surface area contributed by atoms with E-state index >= 15 is 0 Å². The van der Waals surface area contributed by atoms with Gasteiger partial charge in [-0.3, -0.25) is 0 Å². The van der Waals surface area contributed by atoms with Crippen LogP contribution in [0.1, 0.15) is 18.1 Å². The van der Waals surface area contributed by atoms with Gasteiger partial charge in [-0.1, -0.05) is 43.3 Å². The first-order valence-corrected chi connectivity index (χ1v) is 9.24. The Balaban J connectivity index is 2.00. The molecule has 0 aromatic heterocycles. The Morgan fingerprint density at radius 1 is 0.826 bits per heavy atom. The van der Waals surface area contributed by atoms with Crippen LogP contribution in [0.4, 0.5) is 4.39 Å². The molecule has 1 aliphatic rings. The molecule has 0 bridgehead atoms. The molecule has 118 valence electrons. The molecule has 0 saturated heterocycles. The van der Waals surface area contributed by atoms with Crippen molar-refractivity contribution in [2.45, 2.75) is 11.8 Å². The highest BCUT2D eigenvalue weighted by Crippen LogP contribution is 2.38. The SMILES string of the molecule is CC1C=C(c2ccc(F)cc2)C(c2ccc(S(C)(=O)=O)cc2)=C1. The maximum Gasteiger partial charge on any atom is 0.175 e. The van der Waals surface area contributed by atoms with Crippen LogP contribution in [0.2, 0.25) is 0 Å². The van der Waals surface area contributed by atoms with E-state index in [4.69, 9.17) is 0 Å². The van der Waals surface area contributed by atoms with Crippen LogP contribution in [0.3, 0.4) is 0 Å². The largest absolute Gasteiger partial charge is 0.224 e. The highest BCUT2D eigenvalue weighted by atomic mass is 32.2. The third kappa shape index (κ3) is 3.27. The van der Waals surface area contributed by atoms with Gasteiger partial charge in [0, 0.05) is 6.26 Å². The first-order valence-electron chi connectivity index (χ1n) is 7.35. The minimum absolute atomic E-state index is 0.261. The summed E-state index contributed by atoms with van der Waals surface area (Å²) in [6.45, 7) is 2.08. The minimum Gasteiger partial charge on any atom is -0.224 e. The fourth-order valence-corrected chi connectivity index (χ4v) is 3.40. The maximum atomic E-state index is 13.1. The van der Waals surface area contributed by atoms with Crippen LogP contribution in [0.5, 0.6) is 0 Å². The summed E-state index contributed by atoms with van der Waals surface area (Å²) in [4.78, 5) is 0.306. The van der Waals surface area contributed by atoms with E-state index in [1.165, 1.54) is 18.4 Å². The summed E-state index contributed by atoms with van der Waals surface area (Å²) < 4.78 is 36.3. The van der Waals surface area contributed by atoms with Crippen LogP contribution < -0.4 is 0 Å². The predicted molar refractivity (Wildman–Crippen MR) is 91.1 cm³/mol. The Labute approximate surface area is 135 Å². The molecule has 0 aliphatic heterocycles. The van der Waals surface area contributed by atoms with E-state index in [0.29, 0.717) is 4.90 Å². The fourth-order valence-electron chi connectivity index (χ4n) is 2.77. The second-order valence-corrected chi connectivity index (χ2v) is 7.84. The second-order valence-electron chi connectivity index (χ2n) is 5.82. The summed E-state index contributed by atoms with van der Waals surface area (Å²) >= 11 is 0. The van der Waals surface area contributed by atoms with E-state index in [0.717, 1.165) is 22.3 Å². The molecular formula is C19H17FO2S. The maximum absolute atomic E-state index is 13.1. The molecule has 3 rings (SSSR count). The van der Waals surface area contributed by atoms with E-state index in [2.05, 4.69) is 19.1 Å². The molecule has 2 aromatic rings. The molecular weight excluding hydrogens is 311 g/mol. The zero-order valence-corrected chi connectivity index (χ0v) is 13.8. The van der Waals surface area contributed by atoms with Crippen molar-refractivity contribution in [3.63, 3.8) is 0 Å². The standard InChI is InChI=1S/C19H17FO2S/c1-13-11-18(14-3-7-16(20)8-4-14)19(12-13)15-5-9-17(10-6-15)23(2,21)22/h3-13H,1-2H3. The third-order valence-corrected chi connectivity index (χ3v) is 5.03. The number of rotatable bonds is 3. The number of hydrogen-bond donors (Lipinski definition) is 0. The molecule has 2 aromatic carbocycles. The Bertz CT molecular complexity index is 889. The molecule has 1 aliphatic carbocycles. The molecule has 23 heavy (non-hydrogen) atoms. The van der Waals surface area contributed by atoms with Crippen LogP contribution >= 0.6 is 0 Å². The van der Waals surface area contributed by atoms with E-state index in [9.17, 15) is 12.8 Å². The number of halogens is 1. The number of sulfone groups is 1. The monoisotopic (exact) mass is 328 g/mol. The van der Waals surface area contributed by atoms with Crippen molar-refractivity contribution in [3.05, 3.63) is 77.6 Å². The van der Waals surface area contributed by atoms with E-state index in [1.807, 2.05) is 12.1 Å². The lowest BCUT2D eigenvalue weighted by Gasteiger charge is -2.10. The lowest BCUT2D eigenvalue weighted by Crippen LogP contribution is -1.97. The summed E-state index contributed by atoms with van der Waals surface area (Å²) in [6.07, 6.45) is 5.46. The quantitative estimate of drug-likeness (QED) is 0.839. The first kappa shape index (κ1) is 15.7. The fraction of sp³-hybridized carbons (Fsp3) is 0.158. The van der Waals surface area contributed by atoms with Crippen molar-refractivity contribution in [3.8, 4) is 0 Å². The van der Waals surface area contributed by atoms with Gasteiger partial charge in [-0.05, 0) is 52.5 Å². The molecule has 0 fully saturated rings.